The van der Waals surface area contributed by atoms with Gasteiger partial charge in [0.05, 0.1) is 0 Å². The highest BCUT2D eigenvalue weighted by Gasteiger charge is 3.55. The molecular weight excluding hydrogens is 372 g/mol. The molecule has 31 heavy (non-hydrogen) atoms. The van der Waals surface area contributed by atoms with Crippen LogP contribution in [0.3, 0.4) is 0 Å². The average Bonchev–Trinajstić information content (AvgIpc) is 2.90. The van der Waals surface area contributed by atoms with E-state index in [1.807, 2.05) is 6.42 Å². The van der Waals surface area contributed by atoms with Crippen molar-refractivity contribution in [1.82, 2.24) is 0 Å². The van der Waals surface area contributed by atoms with Crippen LogP contribution in [0, 0.1) is 160 Å². The van der Waals surface area contributed by atoms with Crippen molar-refractivity contribution in [3.05, 3.63) is 0 Å². The summed E-state index contributed by atoms with van der Waals surface area (Å²) in [5.41, 5.74) is 13.5. The zero-order valence-corrected chi connectivity index (χ0v) is 17.4. The maximum atomic E-state index is 1.82. The number of hydrogen-bond acceptors (Lipinski definition) is 0. The minimum absolute atomic E-state index is 1.10. The van der Waals surface area contributed by atoms with Gasteiger partial charge >= 0.3 is 0 Å². The van der Waals surface area contributed by atoms with Crippen LogP contribution < -0.4 is 0 Å². The fourth-order valence-corrected chi connectivity index (χ4v) is 31.6. The maximum Gasteiger partial charge on any atom is -0.00108 e. The summed E-state index contributed by atoms with van der Waals surface area (Å²) >= 11 is 0. The van der Waals surface area contributed by atoms with E-state index in [1.165, 1.54) is 94.7 Å². The van der Waals surface area contributed by atoms with E-state index < -0.39 is 0 Å². The van der Waals surface area contributed by atoms with Gasteiger partial charge in [-0.05, 0) is 179 Å². The van der Waals surface area contributed by atoms with Gasteiger partial charge in [-0.1, -0.05) is 0 Å². The van der Waals surface area contributed by atoms with Gasteiger partial charge in [-0.3, -0.25) is 0 Å². The number of fused-ring (bicyclic) bond motifs is 10. The van der Waals surface area contributed by atoms with Gasteiger partial charge in [-0.25, -0.2) is 0 Å². The molecule has 0 radical (unpaired) electrons. The first-order valence-electron chi connectivity index (χ1n) is 15.4. The highest BCUT2D eigenvalue weighted by molar-refractivity contribution is 5.99. The quantitative estimate of drug-likeness (QED) is 0.592. The minimum Gasteiger partial charge on any atom is -0.0458 e. The van der Waals surface area contributed by atoms with Crippen molar-refractivity contribution in [2.24, 2.45) is 160 Å². The molecule has 0 aromatic heterocycles. The van der Waals surface area contributed by atoms with E-state index in [4.69, 9.17) is 0 Å². The molecule has 0 aromatic rings. The van der Waals surface area contributed by atoms with Crippen LogP contribution in [0.2, 0.25) is 0 Å². The first kappa shape index (κ1) is 10.7. The standard InChI is InChI=1S/C31H22/c1-4-10-11-16-15-9-3-8-14-13-7-2-6-12-5(1)20(4)24(12)21(6,7)26(13)27(14)22(8,9)25(15)23(16)17(11)19-18(10)28(20)29(19,23)31(25,27)30(24,26)28/h4-19H,1-3H2. The Morgan fingerprint density at radius 1 is 0.323 bits per heavy atom. The molecule has 0 aliphatic heterocycles. The molecule has 28 unspecified atom stereocenters. The molecule has 21 aliphatic carbocycles. The molecule has 0 aromatic carbocycles. The van der Waals surface area contributed by atoms with Crippen LogP contribution in [-0.2, 0) is 0 Å². The second kappa shape index (κ2) is 1.67. The minimum atomic E-state index is 1.10. The Balaban J connectivity index is 1.15. The molecule has 0 amide bonds. The van der Waals surface area contributed by atoms with Crippen molar-refractivity contribution in [3.8, 4) is 0 Å². The predicted molar refractivity (Wildman–Crippen MR) is 98.9 cm³/mol. The van der Waals surface area contributed by atoms with Gasteiger partial charge < -0.3 is 0 Å². The molecule has 21 aliphatic rings. The SMILES string of the molecule is C1C2C3C4CC5C6C7C8C9C%10CC%11C%12C%13C1C21C32C54C34C6C5C7C86C97C%10%11C%128C%131C23C78C564. The highest BCUT2D eigenvalue weighted by atomic mass is 15.6. The van der Waals surface area contributed by atoms with Gasteiger partial charge in [0.2, 0.25) is 0 Å². The topological polar surface area (TPSA) is 0 Å². The van der Waals surface area contributed by atoms with Gasteiger partial charge in [0.1, 0.15) is 0 Å². The van der Waals surface area contributed by atoms with Crippen LogP contribution in [0.15, 0.2) is 0 Å². The van der Waals surface area contributed by atoms with Gasteiger partial charge in [-0.15, -0.1) is 0 Å². The summed E-state index contributed by atoms with van der Waals surface area (Å²) < 4.78 is 0. The van der Waals surface area contributed by atoms with E-state index in [2.05, 4.69) is 0 Å². The summed E-state index contributed by atoms with van der Waals surface area (Å²) in [6, 6.07) is 0. The van der Waals surface area contributed by atoms with Crippen LogP contribution in [0.5, 0.6) is 0 Å². The van der Waals surface area contributed by atoms with Crippen molar-refractivity contribution in [1.29, 1.82) is 0 Å². The van der Waals surface area contributed by atoms with E-state index in [-0.39, 0.29) is 0 Å². The van der Waals surface area contributed by atoms with Gasteiger partial charge in [0, 0.05) is 0 Å². The predicted octanol–water partition coefficient (Wildman–Crippen LogP) is 3.14. The number of hydrogen-bond donors (Lipinski definition) is 0. The van der Waals surface area contributed by atoms with E-state index in [1.54, 1.807) is 12.8 Å². The zero-order chi connectivity index (χ0) is 17.4. The Bertz CT molecular complexity index is 1710. The second-order valence-corrected chi connectivity index (χ2v) is 19.5. The largest absolute Gasteiger partial charge is 0.0458 e. The molecule has 146 valence electrons. The summed E-state index contributed by atoms with van der Waals surface area (Å²) in [6.45, 7) is 0. The normalized spacial score (nSPS) is 132. The van der Waals surface area contributed by atoms with E-state index in [0.29, 0.717) is 0 Å². The fourth-order valence-electron chi connectivity index (χ4n) is 31.6. The molecule has 21 saturated carbocycles. The van der Waals surface area contributed by atoms with Crippen molar-refractivity contribution in [2.45, 2.75) is 19.3 Å². The summed E-state index contributed by atoms with van der Waals surface area (Å²) in [5, 5.41) is 0. The summed E-state index contributed by atoms with van der Waals surface area (Å²) in [5.74, 6) is 21.9. The summed E-state index contributed by atoms with van der Waals surface area (Å²) in [6.07, 6.45) is 5.42. The third-order valence-electron chi connectivity index (χ3n) is 25.5. The van der Waals surface area contributed by atoms with Gasteiger partial charge in [0.25, 0.3) is 0 Å². The van der Waals surface area contributed by atoms with Crippen molar-refractivity contribution >= 4 is 0 Å². The third kappa shape index (κ3) is 0.253. The lowest BCUT2D eigenvalue weighted by molar-refractivity contribution is -1.07. The smallest absolute Gasteiger partial charge is 0.00108 e. The highest BCUT2D eigenvalue weighted by Crippen LogP contribution is 3.56. The van der Waals surface area contributed by atoms with Gasteiger partial charge in [-0.2, -0.15) is 0 Å². The molecule has 28 atom stereocenters. The van der Waals surface area contributed by atoms with E-state index >= 15 is 0 Å². The molecule has 0 nitrogen and oxygen atoms in total. The van der Waals surface area contributed by atoms with Gasteiger partial charge in [0.15, 0.2) is 0 Å². The summed E-state index contributed by atoms with van der Waals surface area (Å²) in [4.78, 5) is 0. The zero-order valence-electron chi connectivity index (χ0n) is 17.4. The Morgan fingerprint density at radius 2 is 0.806 bits per heavy atom. The molecule has 21 fully saturated rings. The van der Waals surface area contributed by atoms with Crippen LogP contribution >= 0.6 is 0 Å². The Morgan fingerprint density at radius 3 is 1.55 bits per heavy atom. The maximum absolute atomic E-state index is 1.82. The van der Waals surface area contributed by atoms with Crippen LogP contribution in [0.1, 0.15) is 19.3 Å². The third-order valence-corrected chi connectivity index (χ3v) is 25.5. The molecule has 21 rings (SSSR count). The first-order valence-corrected chi connectivity index (χ1v) is 15.4. The molecule has 0 saturated heterocycles. The Labute approximate surface area is 179 Å². The Kier molecular flexibility index (Phi) is 0.577. The van der Waals surface area contributed by atoms with Crippen LogP contribution in [0.4, 0.5) is 0 Å². The van der Waals surface area contributed by atoms with E-state index in [0.717, 1.165) is 65.0 Å². The van der Waals surface area contributed by atoms with Crippen molar-refractivity contribution < 1.29 is 0 Å². The van der Waals surface area contributed by atoms with Crippen molar-refractivity contribution in [2.75, 3.05) is 0 Å². The lowest BCUT2D eigenvalue weighted by Crippen LogP contribution is -3.51. The lowest BCUT2D eigenvalue weighted by atomic mass is 8.50. The molecular formula is C31H22. The average molecular weight is 395 g/mol. The van der Waals surface area contributed by atoms with E-state index in [9.17, 15) is 0 Å². The van der Waals surface area contributed by atoms with Crippen molar-refractivity contribution in [3.63, 3.8) is 0 Å². The monoisotopic (exact) mass is 394 g/mol. The Hall–Kier alpha value is 0. The molecule has 0 heteroatoms. The molecule has 0 N–H and O–H groups in total. The summed E-state index contributed by atoms with van der Waals surface area (Å²) in [7, 11) is 0. The first-order chi connectivity index (χ1) is 15.4. The lowest BCUT2D eigenvalue weighted by Gasteiger charge is -3.52. The number of rotatable bonds is 0. The second-order valence-electron chi connectivity index (χ2n) is 19.5. The van der Waals surface area contributed by atoms with Crippen LogP contribution in [0.25, 0.3) is 0 Å². The molecule has 0 heterocycles. The fraction of sp³-hybridized carbons (Fsp3) is 1.00. The van der Waals surface area contributed by atoms with Crippen LogP contribution in [-0.4, -0.2) is 0 Å². The molecule has 0 bridgehead atoms. The molecule has 12 spiro atoms.